The van der Waals surface area contributed by atoms with Gasteiger partial charge in [-0.1, -0.05) is 12.1 Å². The largest absolute Gasteiger partial charge is 0.376 e. The Morgan fingerprint density at radius 1 is 1.04 bits per heavy atom. The van der Waals surface area contributed by atoms with Gasteiger partial charge in [0.05, 0.1) is 12.2 Å². The van der Waals surface area contributed by atoms with Crippen molar-refractivity contribution in [2.24, 2.45) is 11.8 Å². The highest BCUT2D eigenvalue weighted by Gasteiger charge is 2.39. The SMILES string of the molecule is C[C@@H]1CC(C2Cc3ccc(-c4cncnc4)cc3C2=O)C[C@H](C)O1. The van der Waals surface area contributed by atoms with E-state index in [0.29, 0.717) is 11.7 Å². The summed E-state index contributed by atoms with van der Waals surface area (Å²) in [6.07, 6.45) is 8.40. The molecule has 4 rings (SSSR count). The molecule has 1 aromatic carbocycles. The minimum atomic E-state index is 0.107. The van der Waals surface area contributed by atoms with Crippen LogP contribution >= 0.6 is 0 Å². The molecule has 1 aliphatic carbocycles. The Labute approximate surface area is 142 Å². The van der Waals surface area contributed by atoms with Gasteiger partial charge in [0.2, 0.25) is 0 Å². The molecule has 1 fully saturated rings. The molecule has 1 aromatic heterocycles. The summed E-state index contributed by atoms with van der Waals surface area (Å²) in [5, 5.41) is 0. The van der Waals surface area contributed by atoms with Gasteiger partial charge in [-0.15, -0.1) is 0 Å². The number of aromatic nitrogens is 2. The second-order valence-corrected chi connectivity index (χ2v) is 7.16. The van der Waals surface area contributed by atoms with Crippen molar-refractivity contribution in [2.45, 2.75) is 45.3 Å². The zero-order valence-electron chi connectivity index (χ0n) is 14.1. The van der Waals surface area contributed by atoms with E-state index in [1.807, 2.05) is 6.07 Å². The molecule has 2 aromatic rings. The van der Waals surface area contributed by atoms with E-state index in [-0.39, 0.29) is 18.1 Å². The molecule has 0 amide bonds. The van der Waals surface area contributed by atoms with Crippen LogP contribution in [0.15, 0.2) is 36.9 Å². The van der Waals surface area contributed by atoms with Crippen LogP contribution in [0.25, 0.3) is 11.1 Å². The van der Waals surface area contributed by atoms with Gasteiger partial charge < -0.3 is 4.74 Å². The maximum absolute atomic E-state index is 13.0. The number of fused-ring (bicyclic) bond motifs is 1. The first kappa shape index (κ1) is 15.5. The smallest absolute Gasteiger partial charge is 0.166 e. The topological polar surface area (TPSA) is 52.1 Å². The standard InChI is InChI=1S/C20H22N2O2/c1-12-5-16(6-13(2)24-12)19-8-15-4-3-14(7-18(15)20(19)23)17-9-21-11-22-10-17/h3-4,7,9-13,16,19H,5-6,8H2,1-2H3/t12-,13+,16?,19?. The Morgan fingerprint density at radius 3 is 2.46 bits per heavy atom. The molecular formula is C20H22N2O2. The van der Waals surface area contributed by atoms with E-state index >= 15 is 0 Å². The van der Waals surface area contributed by atoms with Crippen LogP contribution < -0.4 is 0 Å². The number of ether oxygens (including phenoxy) is 1. The third-order valence-electron chi connectivity index (χ3n) is 5.35. The van der Waals surface area contributed by atoms with Crippen LogP contribution in [0.4, 0.5) is 0 Å². The van der Waals surface area contributed by atoms with E-state index in [4.69, 9.17) is 4.74 Å². The Hall–Kier alpha value is -2.07. The van der Waals surface area contributed by atoms with Crippen LogP contribution in [0, 0.1) is 11.8 Å². The van der Waals surface area contributed by atoms with Gasteiger partial charge in [0.25, 0.3) is 0 Å². The summed E-state index contributed by atoms with van der Waals surface area (Å²) in [6.45, 7) is 4.23. The van der Waals surface area contributed by atoms with Gasteiger partial charge in [-0.3, -0.25) is 4.79 Å². The van der Waals surface area contributed by atoms with Gasteiger partial charge in [0, 0.05) is 29.4 Å². The fourth-order valence-electron chi connectivity index (χ4n) is 4.31. The molecule has 0 radical (unpaired) electrons. The normalized spacial score (nSPS) is 29.5. The zero-order valence-corrected chi connectivity index (χ0v) is 14.1. The van der Waals surface area contributed by atoms with Crippen molar-refractivity contribution in [2.75, 3.05) is 0 Å². The van der Waals surface area contributed by atoms with E-state index in [0.717, 1.165) is 36.0 Å². The molecule has 2 aliphatic rings. The summed E-state index contributed by atoms with van der Waals surface area (Å²) in [5.74, 6) is 0.832. The van der Waals surface area contributed by atoms with Crippen LogP contribution in [0.1, 0.15) is 42.6 Å². The lowest BCUT2D eigenvalue weighted by Crippen LogP contribution is -2.35. The second-order valence-electron chi connectivity index (χ2n) is 7.16. The Bertz CT molecular complexity index is 749. The van der Waals surface area contributed by atoms with Crippen molar-refractivity contribution in [1.82, 2.24) is 9.97 Å². The van der Waals surface area contributed by atoms with Crippen molar-refractivity contribution in [1.29, 1.82) is 0 Å². The lowest BCUT2D eigenvalue weighted by Gasteiger charge is -2.34. The predicted molar refractivity (Wildman–Crippen MR) is 91.7 cm³/mol. The van der Waals surface area contributed by atoms with Crippen molar-refractivity contribution in [3.63, 3.8) is 0 Å². The molecule has 0 bridgehead atoms. The zero-order chi connectivity index (χ0) is 16.7. The van der Waals surface area contributed by atoms with Crippen molar-refractivity contribution in [3.05, 3.63) is 48.0 Å². The number of Topliss-reactive ketones (excluding diaryl/α,β-unsaturated/α-hetero) is 1. The Morgan fingerprint density at radius 2 is 1.75 bits per heavy atom. The first-order valence-corrected chi connectivity index (χ1v) is 8.70. The number of carbonyl (C=O) groups excluding carboxylic acids is 1. The molecule has 4 atom stereocenters. The second kappa shape index (κ2) is 6.10. The Kier molecular flexibility index (Phi) is 3.93. The quantitative estimate of drug-likeness (QED) is 0.846. The lowest BCUT2D eigenvalue weighted by atomic mass is 9.80. The molecule has 0 spiro atoms. The van der Waals surface area contributed by atoms with Crippen LogP contribution in [0.2, 0.25) is 0 Å². The number of ketones is 1. The van der Waals surface area contributed by atoms with Crippen LogP contribution in [0.5, 0.6) is 0 Å². The van der Waals surface area contributed by atoms with Gasteiger partial charge in [-0.05, 0) is 56.2 Å². The molecule has 4 nitrogen and oxygen atoms in total. The first-order valence-electron chi connectivity index (χ1n) is 8.70. The summed E-state index contributed by atoms with van der Waals surface area (Å²) in [5.41, 5.74) is 4.02. The third kappa shape index (κ3) is 2.75. The number of benzene rings is 1. The van der Waals surface area contributed by atoms with E-state index < -0.39 is 0 Å². The minimum absolute atomic E-state index is 0.107. The molecular weight excluding hydrogens is 300 g/mol. The summed E-state index contributed by atoms with van der Waals surface area (Å²) < 4.78 is 5.84. The molecule has 24 heavy (non-hydrogen) atoms. The van der Waals surface area contributed by atoms with Gasteiger partial charge in [-0.25, -0.2) is 9.97 Å². The first-order chi connectivity index (χ1) is 11.6. The predicted octanol–water partition coefficient (Wildman–Crippen LogP) is 3.70. The third-order valence-corrected chi connectivity index (χ3v) is 5.35. The fraction of sp³-hybridized carbons (Fsp3) is 0.450. The van der Waals surface area contributed by atoms with Crippen molar-refractivity contribution >= 4 is 5.78 Å². The number of nitrogens with zero attached hydrogens (tertiary/aromatic N) is 2. The van der Waals surface area contributed by atoms with Gasteiger partial charge >= 0.3 is 0 Å². The van der Waals surface area contributed by atoms with Crippen LogP contribution in [-0.2, 0) is 11.2 Å². The van der Waals surface area contributed by atoms with Crippen molar-refractivity contribution < 1.29 is 9.53 Å². The summed E-state index contributed by atoms with van der Waals surface area (Å²) in [6, 6.07) is 6.19. The summed E-state index contributed by atoms with van der Waals surface area (Å²) >= 11 is 0. The average Bonchev–Trinajstić information content (AvgIpc) is 2.91. The molecule has 2 heterocycles. The number of hydrogen-bond donors (Lipinski definition) is 0. The summed E-state index contributed by atoms with van der Waals surface area (Å²) in [4.78, 5) is 21.2. The molecule has 2 unspecified atom stereocenters. The monoisotopic (exact) mass is 322 g/mol. The Balaban J connectivity index is 1.61. The number of carbonyl (C=O) groups is 1. The van der Waals surface area contributed by atoms with E-state index in [1.54, 1.807) is 12.4 Å². The number of rotatable bonds is 2. The highest BCUT2D eigenvalue weighted by atomic mass is 16.5. The van der Waals surface area contributed by atoms with Crippen LogP contribution in [0.3, 0.4) is 0 Å². The molecule has 0 saturated carbocycles. The molecule has 1 saturated heterocycles. The lowest BCUT2D eigenvalue weighted by molar-refractivity contribution is -0.0599. The fourth-order valence-corrected chi connectivity index (χ4v) is 4.31. The van der Waals surface area contributed by atoms with Gasteiger partial charge in [-0.2, -0.15) is 0 Å². The molecule has 0 N–H and O–H groups in total. The summed E-state index contributed by atoms with van der Waals surface area (Å²) in [7, 11) is 0. The minimum Gasteiger partial charge on any atom is -0.376 e. The van der Waals surface area contributed by atoms with Crippen LogP contribution in [-0.4, -0.2) is 28.0 Å². The maximum Gasteiger partial charge on any atom is 0.166 e. The van der Waals surface area contributed by atoms with E-state index in [2.05, 4.69) is 35.9 Å². The average molecular weight is 322 g/mol. The van der Waals surface area contributed by atoms with E-state index in [1.165, 1.54) is 11.9 Å². The van der Waals surface area contributed by atoms with E-state index in [9.17, 15) is 4.79 Å². The maximum atomic E-state index is 13.0. The molecule has 1 aliphatic heterocycles. The highest BCUT2D eigenvalue weighted by Crippen LogP contribution is 2.39. The number of hydrogen-bond acceptors (Lipinski definition) is 4. The van der Waals surface area contributed by atoms with Crippen molar-refractivity contribution in [3.8, 4) is 11.1 Å². The molecule has 124 valence electrons. The van der Waals surface area contributed by atoms with Gasteiger partial charge in [0.1, 0.15) is 6.33 Å². The highest BCUT2D eigenvalue weighted by molar-refractivity contribution is 6.03. The molecule has 4 heteroatoms. The van der Waals surface area contributed by atoms with Gasteiger partial charge in [0.15, 0.2) is 5.78 Å².